The van der Waals surface area contributed by atoms with E-state index in [0.29, 0.717) is 13.0 Å². The van der Waals surface area contributed by atoms with E-state index in [-0.39, 0.29) is 35.6 Å². The van der Waals surface area contributed by atoms with Crippen LogP contribution in [0.5, 0.6) is 0 Å². The van der Waals surface area contributed by atoms with Gasteiger partial charge in [-0.15, -0.1) is 0 Å². The zero-order valence-electron chi connectivity index (χ0n) is 26.8. The maximum atomic E-state index is 13.4. The van der Waals surface area contributed by atoms with Gasteiger partial charge in [0.25, 0.3) is 16.0 Å². The lowest BCUT2D eigenvalue weighted by Gasteiger charge is -2.30. The van der Waals surface area contributed by atoms with Crippen molar-refractivity contribution in [1.82, 2.24) is 30.7 Å². The molecule has 0 aliphatic carbocycles. The fraction of sp³-hybridized carbons (Fsp3) is 0.406. The van der Waals surface area contributed by atoms with E-state index in [1.54, 1.807) is 17.6 Å². The topological polar surface area (TPSA) is 184 Å². The third kappa shape index (κ3) is 13.3. The molecule has 0 aliphatic heterocycles. The highest BCUT2D eigenvalue weighted by Crippen LogP contribution is 2.26. The van der Waals surface area contributed by atoms with E-state index in [1.165, 1.54) is 34.5 Å². The highest BCUT2D eigenvalue weighted by Gasteiger charge is 2.35. The second kappa shape index (κ2) is 18.5. The molecule has 3 rings (SSSR count). The predicted molar refractivity (Wildman–Crippen MR) is 172 cm³/mol. The number of nitrogens with one attached hydrogen (secondary N) is 2. The number of hydrogen-bond acceptors (Lipinski definition) is 8. The van der Waals surface area contributed by atoms with Crippen LogP contribution in [0, 0.1) is 30.6 Å². The first-order chi connectivity index (χ1) is 21.7. The van der Waals surface area contributed by atoms with E-state index in [4.69, 9.17) is 4.55 Å². The molecule has 14 heteroatoms. The van der Waals surface area contributed by atoms with Crippen LogP contribution >= 0.6 is 0 Å². The molecular weight excluding hydrogens is 612 g/mol. The van der Waals surface area contributed by atoms with Crippen LogP contribution in [0.2, 0.25) is 0 Å². The third-order valence-corrected chi connectivity index (χ3v) is 7.54. The van der Waals surface area contributed by atoms with Crippen molar-refractivity contribution in [1.29, 1.82) is 0 Å². The Labute approximate surface area is 270 Å². The van der Waals surface area contributed by atoms with Gasteiger partial charge in [-0.05, 0) is 49.3 Å². The molecule has 2 aromatic carbocycles. The molecule has 1 aromatic heterocycles. The summed E-state index contributed by atoms with van der Waals surface area (Å²) in [6, 6.07) is 15.6. The number of allylic oxidation sites excluding steroid dienone is 1. The lowest BCUT2D eigenvalue weighted by Crippen LogP contribution is -2.53. The van der Waals surface area contributed by atoms with Crippen LogP contribution in [0.4, 0.5) is 0 Å². The SMILES string of the molecule is CC(C)C[C@@H](C(=O)NN(CC(C)C)C(=O)Cn1cncn1)[C@H](CC=Cc1ccccc1)C(=O)NO.Cc1ccc(S(=O)(=O)O)cc1. The molecule has 2 atom stereocenters. The summed E-state index contributed by atoms with van der Waals surface area (Å²) in [5.41, 5.74) is 6.36. The van der Waals surface area contributed by atoms with Crippen molar-refractivity contribution in [2.45, 2.75) is 58.9 Å². The van der Waals surface area contributed by atoms with Gasteiger partial charge in [-0.25, -0.2) is 15.1 Å². The van der Waals surface area contributed by atoms with E-state index in [1.807, 2.05) is 77.1 Å². The molecule has 13 nitrogen and oxygen atoms in total. The maximum Gasteiger partial charge on any atom is 0.294 e. The average Bonchev–Trinajstić information content (AvgIpc) is 3.51. The summed E-state index contributed by atoms with van der Waals surface area (Å²) in [6.45, 7) is 9.83. The molecule has 4 N–H and O–H groups in total. The number of hydroxylamine groups is 1. The van der Waals surface area contributed by atoms with Crippen molar-refractivity contribution in [3.05, 3.63) is 84.5 Å². The van der Waals surface area contributed by atoms with Gasteiger partial charge in [-0.1, -0.05) is 87.9 Å². The smallest absolute Gasteiger partial charge is 0.289 e. The van der Waals surface area contributed by atoms with Crippen LogP contribution < -0.4 is 10.9 Å². The molecule has 0 saturated carbocycles. The number of carbonyl (C=O) groups is 3. The van der Waals surface area contributed by atoms with E-state index in [9.17, 15) is 28.0 Å². The Balaban J connectivity index is 0.000000562. The van der Waals surface area contributed by atoms with Crippen LogP contribution in [0.3, 0.4) is 0 Å². The minimum atomic E-state index is -4.02. The van der Waals surface area contributed by atoms with Crippen molar-refractivity contribution in [3.8, 4) is 0 Å². The van der Waals surface area contributed by atoms with Crippen LogP contribution in [0.15, 0.2) is 78.2 Å². The zero-order chi connectivity index (χ0) is 34.3. The number of carbonyl (C=O) groups excluding carboxylic acids is 3. The Morgan fingerprint density at radius 2 is 1.61 bits per heavy atom. The molecule has 250 valence electrons. The Kier molecular flexibility index (Phi) is 15.2. The Bertz CT molecular complexity index is 1510. The first-order valence-electron chi connectivity index (χ1n) is 14.8. The number of nitrogens with zero attached hydrogens (tertiary/aromatic N) is 4. The average molecular weight is 657 g/mol. The van der Waals surface area contributed by atoms with Crippen LogP contribution in [0.1, 0.15) is 51.7 Å². The predicted octanol–water partition coefficient (Wildman–Crippen LogP) is 3.92. The van der Waals surface area contributed by atoms with Crippen molar-refractivity contribution in [2.24, 2.45) is 23.7 Å². The minimum Gasteiger partial charge on any atom is -0.289 e. The lowest BCUT2D eigenvalue weighted by molar-refractivity contribution is -0.148. The summed E-state index contributed by atoms with van der Waals surface area (Å²) in [6.07, 6.45) is 7.08. The molecule has 0 bridgehead atoms. The zero-order valence-corrected chi connectivity index (χ0v) is 27.6. The largest absolute Gasteiger partial charge is 0.294 e. The molecule has 0 unspecified atom stereocenters. The highest BCUT2D eigenvalue weighted by atomic mass is 32.2. The summed E-state index contributed by atoms with van der Waals surface area (Å²) in [7, 11) is -4.02. The summed E-state index contributed by atoms with van der Waals surface area (Å²) < 4.78 is 30.9. The van der Waals surface area contributed by atoms with Gasteiger partial charge in [0.1, 0.15) is 19.2 Å². The molecule has 0 fully saturated rings. The molecule has 0 aliphatic rings. The van der Waals surface area contributed by atoms with Gasteiger partial charge < -0.3 is 0 Å². The van der Waals surface area contributed by atoms with E-state index >= 15 is 0 Å². The third-order valence-electron chi connectivity index (χ3n) is 6.67. The fourth-order valence-corrected chi connectivity index (χ4v) is 4.93. The molecule has 3 amide bonds. The highest BCUT2D eigenvalue weighted by molar-refractivity contribution is 7.85. The monoisotopic (exact) mass is 656 g/mol. The van der Waals surface area contributed by atoms with Gasteiger partial charge in [0.2, 0.25) is 11.8 Å². The molecule has 0 spiro atoms. The van der Waals surface area contributed by atoms with E-state index < -0.39 is 33.8 Å². The Morgan fingerprint density at radius 1 is 0.957 bits per heavy atom. The number of rotatable bonds is 13. The van der Waals surface area contributed by atoms with Gasteiger partial charge >= 0.3 is 0 Å². The number of aryl methyl sites for hydroxylation is 1. The summed E-state index contributed by atoms with van der Waals surface area (Å²) >= 11 is 0. The van der Waals surface area contributed by atoms with Crippen LogP contribution in [0.25, 0.3) is 6.08 Å². The molecule has 3 aromatic rings. The van der Waals surface area contributed by atoms with Gasteiger partial charge in [-0.3, -0.25) is 34.6 Å². The number of hydrogen-bond donors (Lipinski definition) is 4. The van der Waals surface area contributed by atoms with E-state index in [0.717, 1.165) is 11.1 Å². The summed E-state index contributed by atoms with van der Waals surface area (Å²) in [5.74, 6) is -2.86. The fourth-order valence-electron chi connectivity index (χ4n) is 4.45. The van der Waals surface area contributed by atoms with Gasteiger partial charge in [0.15, 0.2) is 0 Å². The molecule has 0 radical (unpaired) electrons. The van der Waals surface area contributed by atoms with Gasteiger partial charge in [0, 0.05) is 6.54 Å². The standard InChI is InChI=1S/C25H36N6O4.C7H8O3S/c1-18(2)13-22(21(25(34)29-35)12-8-11-20-9-6-5-7-10-20)24(33)28-31(14-19(3)4)23(32)15-30-17-26-16-27-30;1-6-2-4-7(5-3-6)11(8,9)10/h5-11,16-19,21-22,35H,12-15H2,1-4H3,(H,28,33)(H,29,34);2-5H,1H3,(H,8,9,10)/t21-,22+;/m0./s1. The normalized spacial score (nSPS) is 12.7. The first kappa shape index (κ1) is 37.8. The van der Waals surface area contributed by atoms with Crippen molar-refractivity contribution >= 4 is 33.9 Å². The molecule has 46 heavy (non-hydrogen) atoms. The number of aromatic nitrogens is 3. The Morgan fingerprint density at radius 3 is 2.13 bits per heavy atom. The maximum absolute atomic E-state index is 13.4. The van der Waals surface area contributed by atoms with Crippen molar-refractivity contribution in [2.75, 3.05) is 6.54 Å². The second-order valence-electron chi connectivity index (χ2n) is 11.6. The van der Waals surface area contributed by atoms with Crippen molar-refractivity contribution < 1.29 is 32.6 Å². The lowest BCUT2D eigenvalue weighted by atomic mass is 9.82. The summed E-state index contributed by atoms with van der Waals surface area (Å²) in [5, 5.41) is 14.6. The second-order valence-corrected chi connectivity index (χ2v) is 13.0. The quantitative estimate of drug-likeness (QED) is 0.120. The number of amides is 3. The van der Waals surface area contributed by atoms with Crippen LogP contribution in [-0.4, -0.2) is 62.2 Å². The molecule has 0 saturated heterocycles. The van der Waals surface area contributed by atoms with E-state index in [2.05, 4.69) is 15.5 Å². The van der Waals surface area contributed by atoms with Crippen LogP contribution in [-0.2, 0) is 31.0 Å². The molecular formula is C32H44N6O7S. The first-order valence-corrected chi connectivity index (χ1v) is 16.3. The number of benzene rings is 2. The number of hydrazine groups is 1. The molecule has 1 heterocycles. The Hall–Kier alpha value is -4.40. The van der Waals surface area contributed by atoms with Gasteiger partial charge in [-0.2, -0.15) is 13.5 Å². The van der Waals surface area contributed by atoms with Gasteiger partial charge in [0.05, 0.1) is 16.7 Å². The minimum absolute atomic E-state index is 0.0666. The summed E-state index contributed by atoms with van der Waals surface area (Å²) in [4.78, 5) is 42.7. The van der Waals surface area contributed by atoms with Crippen molar-refractivity contribution in [3.63, 3.8) is 0 Å².